The normalized spacial score (nSPS) is 21.3. The van der Waals surface area contributed by atoms with Gasteiger partial charge in [0.05, 0.1) is 18.0 Å². The van der Waals surface area contributed by atoms with E-state index in [1.807, 2.05) is 13.0 Å². The molecule has 8 heteroatoms. The van der Waals surface area contributed by atoms with E-state index in [4.69, 9.17) is 0 Å². The number of aryl methyl sites for hydroxylation is 1. The Bertz CT molecular complexity index is 718. The van der Waals surface area contributed by atoms with Gasteiger partial charge >= 0.3 is 0 Å². The van der Waals surface area contributed by atoms with Crippen molar-refractivity contribution < 1.29 is 9.90 Å². The number of aromatic amines is 2. The number of carbonyl (C=O) groups excluding carboxylic acids is 1. The summed E-state index contributed by atoms with van der Waals surface area (Å²) in [6.07, 6.45) is 2.38. The molecule has 2 aromatic heterocycles. The summed E-state index contributed by atoms with van der Waals surface area (Å²) in [7, 11) is 0. The second-order valence-corrected chi connectivity index (χ2v) is 5.58. The summed E-state index contributed by atoms with van der Waals surface area (Å²) in [5, 5.41) is 17.2. The first kappa shape index (κ1) is 14.5. The summed E-state index contributed by atoms with van der Waals surface area (Å²) in [4.78, 5) is 31.1. The number of amides is 1. The number of aliphatic hydroxyl groups is 1. The summed E-state index contributed by atoms with van der Waals surface area (Å²) < 4.78 is 0. The van der Waals surface area contributed by atoms with Gasteiger partial charge in [0, 0.05) is 30.9 Å². The van der Waals surface area contributed by atoms with Gasteiger partial charge in [0.15, 0.2) is 0 Å². The predicted octanol–water partition coefficient (Wildman–Crippen LogP) is -0.523. The van der Waals surface area contributed by atoms with Gasteiger partial charge in [0.2, 0.25) is 0 Å². The fourth-order valence-electron chi connectivity index (χ4n) is 2.69. The van der Waals surface area contributed by atoms with Crippen LogP contribution in [0.1, 0.15) is 21.9 Å². The average Bonchev–Trinajstić information content (AvgIpc) is 3.06. The Morgan fingerprint density at radius 1 is 1.50 bits per heavy atom. The van der Waals surface area contributed by atoms with Crippen LogP contribution in [-0.2, 0) is 6.42 Å². The van der Waals surface area contributed by atoms with Crippen LogP contribution in [-0.4, -0.2) is 55.3 Å². The molecule has 8 nitrogen and oxygen atoms in total. The highest BCUT2D eigenvalue weighted by Gasteiger charge is 2.35. The van der Waals surface area contributed by atoms with Gasteiger partial charge in [-0.05, 0) is 19.4 Å². The Balaban J connectivity index is 1.68. The van der Waals surface area contributed by atoms with Crippen molar-refractivity contribution in [3.8, 4) is 0 Å². The number of nitrogens with zero attached hydrogens (tertiary/aromatic N) is 3. The smallest absolute Gasteiger partial charge is 0.274 e. The molecule has 0 unspecified atom stereocenters. The van der Waals surface area contributed by atoms with E-state index in [2.05, 4.69) is 20.2 Å². The van der Waals surface area contributed by atoms with Gasteiger partial charge in [-0.25, -0.2) is 4.98 Å². The summed E-state index contributed by atoms with van der Waals surface area (Å²) in [5.74, 6) is -0.356. The van der Waals surface area contributed by atoms with Gasteiger partial charge in [0.25, 0.3) is 11.5 Å². The highest BCUT2D eigenvalue weighted by molar-refractivity contribution is 5.92. The lowest BCUT2D eigenvalue weighted by molar-refractivity contribution is 0.0758. The van der Waals surface area contributed by atoms with Crippen molar-refractivity contribution in [3.05, 3.63) is 45.9 Å². The Kier molecular flexibility index (Phi) is 3.76. The SMILES string of the molecule is Cc1cc(C[C@@H]2CN(C(=O)c3c[nH]c(=O)cn3)C[C@@H]2O)n[nH]1. The summed E-state index contributed by atoms with van der Waals surface area (Å²) in [5.41, 5.74) is 1.65. The van der Waals surface area contributed by atoms with Gasteiger partial charge in [-0.2, -0.15) is 5.10 Å². The number of carbonyl (C=O) groups is 1. The maximum atomic E-state index is 12.3. The molecule has 2 atom stereocenters. The molecule has 0 aromatic carbocycles. The van der Waals surface area contributed by atoms with Crippen molar-refractivity contribution in [1.29, 1.82) is 0 Å². The molecule has 2 aromatic rings. The quantitative estimate of drug-likeness (QED) is 0.705. The molecule has 1 fully saturated rings. The molecule has 3 rings (SSSR count). The van der Waals surface area contributed by atoms with Crippen LogP contribution in [0.25, 0.3) is 0 Å². The Morgan fingerprint density at radius 2 is 2.32 bits per heavy atom. The third-order valence-electron chi connectivity index (χ3n) is 3.82. The van der Waals surface area contributed by atoms with E-state index in [0.717, 1.165) is 17.6 Å². The fraction of sp³-hybridized carbons (Fsp3) is 0.429. The van der Waals surface area contributed by atoms with E-state index in [1.165, 1.54) is 6.20 Å². The number of nitrogens with one attached hydrogen (secondary N) is 2. The van der Waals surface area contributed by atoms with Crippen LogP contribution >= 0.6 is 0 Å². The number of hydrogen-bond acceptors (Lipinski definition) is 5. The minimum absolute atomic E-state index is 0.0607. The Morgan fingerprint density at radius 3 is 2.95 bits per heavy atom. The molecule has 0 radical (unpaired) electrons. The Hall–Kier alpha value is -2.48. The molecule has 3 N–H and O–H groups in total. The zero-order chi connectivity index (χ0) is 15.7. The van der Waals surface area contributed by atoms with Crippen LogP contribution in [0, 0.1) is 12.8 Å². The van der Waals surface area contributed by atoms with Crippen LogP contribution in [0.4, 0.5) is 0 Å². The number of hydrogen-bond donors (Lipinski definition) is 3. The number of rotatable bonds is 3. The van der Waals surface area contributed by atoms with E-state index in [0.29, 0.717) is 13.0 Å². The molecule has 0 bridgehead atoms. The maximum absolute atomic E-state index is 12.3. The maximum Gasteiger partial charge on any atom is 0.274 e. The molecular formula is C14H17N5O3. The fourth-order valence-corrected chi connectivity index (χ4v) is 2.69. The van der Waals surface area contributed by atoms with Crippen LogP contribution in [0.2, 0.25) is 0 Å². The van der Waals surface area contributed by atoms with Crippen molar-refractivity contribution in [2.75, 3.05) is 13.1 Å². The molecule has 0 aliphatic carbocycles. The lowest BCUT2D eigenvalue weighted by Crippen LogP contribution is -2.31. The summed E-state index contributed by atoms with van der Waals surface area (Å²) in [6, 6.07) is 1.93. The third-order valence-corrected chi connectivity index (χ3v) is 3.82. The largest absolute Gasteiger partial charge is 0.391 e. The zero-order valence-corrected chi connectivity index (χ0v) is 12.1. The molecule has 0 saturated carbocycles. The van der Waals surface area contributed by atoms with Gasteiger partial charge in [0.1, 0.15) is 5.69 Å². The summed E-state index contributed by atoms with van der Waals surface area (Å²) in [6.45, 7) is 2.61. The molecule has 1 amide bonds. The monoisotopic (exact) mass is 303 g/mol. The molecule has 1 aliphatic rings. The molecule has 116 valence electrons. The van der Waals surface area contributed by atoms with Crippen molar-refractivity contribution in [3.63, 3.8) is 0 Å². The van der Waals surface area contributed by atoms with E-state index in [1.54, 1.807) is 4.90 Å². The minimum Gasteiger partial charge on any atom is -0.391 e. The molecule has 1 aliphatic heterocycles. The number of β-amino-alcohol motifs (C(OH)–C–C–N with tert-alkyl or cyclic N) is 1. The standard InChI is InChI=1S/C14H17N5O3/c1-8-2-10(18-17-8)3-9-6-19(7-12(9)20)14(22)11-4-16-13(21)5-15-11/h2,4-5,9,12,20H,3,6-7H2,1H3,(H,16,21)(H,17,18)/t9-,12+/m1/s1. The van der Waals surface area contributed by atoms with Crippen molar-refractivity contribution in [2.45, 2.75) is 19.4 Å². The first-order chi connectivity index (χ1) is 10.5. The number of aromatic nitrogens is 4. The van der Waals surface area contributed by atoms with Crippen molar-refractivity contribution in [1.82, 2.24) is 25.1 Å². The number of aliphatic hydroxyl groups excluding tert-OH is 1. The molecule has 1 saturated heterocycles. The van der Waals surface area contributed by atoms with Gasteiger partial charge in [-0.3, -0.25) is 14.7 Å². The minimum atomic E-state index is -0.594. The van der Waals surface area contributed by atoms with Crippen LogP contribution in [0.3, 0.4) is 0 Å². The lowest BCUT2D eigenvalue weighted by atomic mass is 10.0. The van der Waals surface area contributed by atoms with E-state index in [9.17, 15) is 14.7 Å². The van der Waals surface area contributed by atoms with Crippen LogP contribution in [0.5, 0.6) is 0 Å². The Labute approximate surface area is 126 Å². The van der Waals surface area contributed by atoms with Crippen molar-refractivity contribution in [2.24, 2.45) is 5.92 Å². The highest BCUT2D eigenvalue weighted by atomic mass is 16.3. The summed E-state index contributed by atoms with van der Waals surface area (Å²) >= 11 is 0. The van der Waals surface area contributed by atoms with Gasteiger partial charge in [-0.1, -0.05) is 0 Å². The predicted molar refractivity (Wildman–Crippen MR) is 77.3 cm³/mol. The molecule has 0 spiro atoms. The lowest BCUT2D eigenvalue weighted by Gasteiger charge is -2.15. The highest BCUT2D eigenvalue weighted by Crippen LogP contribution is 2.22. The second-order valence-electron chi connectivity index (χ2n) is 5.58. The van der Waals surface area contributed by atoms with Gasteiger partial charge < -0.3 is 15.0 Å². The first-order valence-electron chi connectivity index (χ1n) is 7.06. The molecule has 3 heterocycles. The zero-order valence-electron chi connectivity index (χ0n) is 12.1. The second kappa shape index (κ2) is 5.72. The van der Waals surface area contributed by atoms with E-state index >= 15 is 0 Å². The van der Waals surface area contributed by atoms with E-state index < -0.39 is 6.10 Å². The topological polar surface area (TPSA) is 115 Å². The number of H-pyrrole nitrogens is 2. The molecular weight excluding hydrogens is 286 g/mol. The molecule has 22 heavy (non-hydrogen) atoms. The van der Waals surface area contributed by atoms with Gasteiger partial charge in [-0.15, -0.1) is 0 Å². The van der Waals surface area contributed by atoms with Crippen LogP contribution in [0.15, 0.2) is 23.3 Å². The van der Waals surface area contributed by atoms with Crippen molar-refractivity contribution >= 4 is 5.91 Å². The van der Waals surface area contributed by atoms with Crippen LogP contribution < -0.4 is 5.56 Å². The number of likely N-dealkylation sites (tertiary alicyclic amines) is 1. The van der Waals surface area contributed by atoms with E-state index in [-0.39, 0.29) is 29.6 Å². The third kappa shape index (κ3) is 2.91. The first-order valence-corrected chi connectivity index (χ1v) is 7.06. The average molecular weight is 303 g/mol.